The molecule has 1 saturated heterocycles. The van der Waals surface area contributed by atoms with Crippen molar-refractivity contribution in [3.8, 4) is 0 Å². The molecule has 3 rings (SSSR count). The van der Waals surface area contributed by atoms with Crippen LogP contribution in [0, 0.1) is 0 Å². The summed E-state index contributed by atoms with van der Waals surface area (Å²) in [6.45, 7) is 3.98. The normalized spacial score (nSPS) is 19.1. The van der Waals surface area contributed by atoms with E-state index in [0.717, 1.165) is 49.0 Å². The highest BCUT2D eigenvalue weighted by atomic mass is 35.5. The first-order chi connectivity index (χ1) is 10.6. The van der Waals surface area contributed by atoms with E-state index in [1.807, 2.05) is 19.1 Å². The molecule has 1 aliphatic rings. The number of pyridine rings is 1. The summed E-state index contributed by atoms with van der Waals surface area (Å²) in [5, 5.41) is 11.7. The van der Waals surface area contributed by atoms with Gasteiger partial charge in [-0.15, -0.1) is 0 Å². The van der Waals surface area contributed by atoms with Crippen LogP contribution >= 0.6 is 11.6 Å². The molecule has 2 heterocycles. The van der Waals surface area contributed by atoms with Crippen molar-refractivity contribution in [2.24, 2.45) is 0 Å². The van der Waals surface area contributed by atoms with Crippen LogP contribution in [0.5, 0.6) is 0 Å². The van der Waals surface area contributed by atoms with Crippen molar-refractivity contribution in [1.29, 1.82) is 0 Å². The number of H-pyrrole nitrogens is 1. The van der Waals surface area contributed by atoms with Gasteiger partial charge < -0.3 is 10.1 Å². The van der Waals surface area contributed by atoms with Gasteiger partial charge >= 0.3 is 0 Å². The standard InChI is InChI=1S/C17H21ClN2O2/c1-2-16-15(9-20-7-3-4-12(20)10-21)13-6-5-11(18)8-14(13)17(22)19-16/h5-6,8,12,21H,2-4,7,9-10H2,1H3,(H,19,22)/t12-/m1/s1. The van der Waals surface area contributed by atoms with E-state index in [-0.39, 0.29) is 18.2 Å². The zero-order valence-corrected chi connectivity index (χ0v) is 13.5. The predicted octanol–water partition coefficient (Wildman–Crippen LogP) is 2.70. The summed E-state index contributed by atoms with van der Waals surface area (Å²) in [6.07, 6.45) is 2.92. The van der Waals surface area contributed by atoms with Crippen LogP contribution in [0.15, 0.2) is 23.0 Å². The highest BCUT2D eigenvalue weighted by molar-refractivity contribution is 6.31. The van der Waals surface area contributed by atoms with Gasteiger partial charge in [0.05, 0.1) is 6.61 Å². The van der Waals surface area contributed by atoms with Crippen molar-refractivity contribution in [2.45, 2.75) is 38.8 Å². The summed E-state index contributed by atoms with van der Waals surface area (Å²) in [7, 11) is 0. The average Bonchev–Trinajstić information content (AvgIpc) is 2.97. The van der Waals surface area contributed by atoms with Crippen LogP contribution in [-0.4, -0.2) is 34.2 Å². The van der Waals surface area contributed by atoms with E-state index in [9.17, 15) is 9.90 Å². The summed E-state index contributed by atoms with van der Waals surface area (Å²) >= 11 is 6.04. The van der Waals surface area contributed by atoms with Crippen molar-refractivity contribution in [1.82, 2.24) is 9.88 Å². The molecule has 1 atom stereocenters. The molecule has 1 aromatic heterocycles. The lowest BCUT2D eigenvalue weighted by Crippen LogP contribution is -2.32. The van der Waals surface area contributed by atoms with Crippen molar-refractivity contribution in [3.63, 3.8) is 0 Å². The molecule has 0 radical (unpaired) electrons. The Bertz CT molecular complexity index is 741. The monoisotopic (exact) mass is 320 g/mol. The van der Waals surface area contributed by atoms with Crippen LogP contribution in [0.1, 0.15) is 31.0 Å². The van der Waals surface area contributed by atoms with E-state index < -0.39 is 0 Å². The summed E-state index contributed by atoms with van der Waals surface area (Å²) < 4.78 is 0. The molecule has 2 N–H and O–H groups in total. The van der Waals surface area contributed by atoms with Crippen LogP contribution in [0.3, 0.4) is 0 Å². The molecule has 118 valence electrons. The van der Waals surface area contributed by atoms with Gasteiger partial charge in [0.15, 0.2) is 0 Å². The lowest BCUT2D eigenvalue weighted by molar-refractivity contribution is 0.153. The summed E-state index contributed by atoms with van der Waals surface area (Å²) in [6, 6.07) is 5.72. The van der Waals surface area contributed by atoms with Crippen LogP contribution in [0.2, 0.25) is 5.02 Å². The first-order valence-electron chi connectivity index (χ1n) is 7.82. The molecule has 5 heteroatoms. The number of nitrogens with one attached hydrogen (secondary N) is 1. The number of fused-ring (bicyclic) bond motifs is 1. The Morgan fingerprint density at radius 1 is 1.41 bits per heavy atom. The number of nitrogens with zero attached hydrogens (tertiary/aromatic N) is 1. The minimum Gasteiger partial charge on any atom is -0.395 e. The number of aryl methyl sites for hydroxylation is 1. The second-order valence-corrected chi connectivity index (χ2v) is 6.34. The Kier molecular flexibility index (Phi) is 4.52. The second kappa shape index (κ2) is 6.41. The molecule has 0 unspecified atom stereocenters. The average molecular weight is 321 g/mol. The minimum absolute atomic E-state index is 0.0850. The molecule has 0 bridgehead atoms. The number of aromatic amines is 1. The minimum atomic E-state index is -0.0850. The van der Waals surface area contributed by atoms with E-state index in [1.165, 1.54) is 0 Å². The first kappa shape index (κ1) is 15.5. The van der Waals surface area contributed by atoms with Crippen LogP contribution < -0.4 is 5.56 Å². The number of rotatable bonds is 4. The topological polar surface area (TPSA) is 56.3 Å². The zero-order chi connectivity index (χ0) is 15.7. The molecular weight excluding hydrogens is 300 g/mol. The second-order valence-electron chi connectivity index (χ2n) is 5.90. The molecule has 2 aromatic rings. The van der Waals surface area contributed by atoms with E-state index in [1.54, 1.807) is 6.07 Å². The lowest BCUT2D eigenvalue weighted by atomic mass is 10.0. The number of halogens is 1. The molecular formula is C17H21ClN2O2. The largest absolute Gasteiger partial charge is 0.395 e. The smallest absolute Gasteiger partial charge is 0.256 e. The van der Waals surface area contributed by atoms with Crippen molar-refractivity contribution >= 4 is 22.4 Å². The lowest BCUT2D eigenvalue weighted by Gasteiger charge is -2.24. The Labute approximate surface area is 134 Å². The van der Waals surface area contributed by atoms with Crippen molar-refractivity contribution < 1.29 is 5.11 Å². The fraction of sp³-hybridized carbons (Fsp3) is 0.471. The van der Waals surface area contributed by atoms with Gasteiger partial charge in [-0.2, -0.15) is 0 Å². The SMILES string of the molecule is CCc1[nH]c(=O)c2cc(Cl)ccc2c1CN1CCC[C@@H]1CO. The number of likely N-dealkylation sites (tertiary alicyclic amines) is 1. The van der Waals surface area contributed by atoms with E-state index in [0.29, 0.717) is 10.4 Å². The summed E-state index contributed by atoms with van der Waals surface area (Å²) in [5.41, 5.74) is 2.04. The fourth-order valence-corrected chi connectivity index (χ4v) is 3.58. The summed E-state index contributed by atoms with van der Waals surface area (Å²) in [4.78, 5) is 17.6. The van der Waals surface area contributed by atoms with Gasteiger partial charge in [-0.25, -0.2) is 0 Å². The summed E-state index contributed by atoms with van der Waals surface area (Å²) in [5.74, 6) is 0. The van der Waals surface area contributed by atoms with Gasteiger partial charge in [0.1, 0.15) is 0 Å². The molecule has 1 aromatic carbocycles. The van der Waals surface area contributed by atoms with E-state index in [4.69, 9.17) is 11.6 Å². The van der Waals surface area contributed by atoms with E-state index in [2.05, 4.69) is 9.88 Å². The van der Waals surface area contributed by atoms with Crippen LogP contribution in [-0.2, 0) is 13.0 Å². The molecule has 0 aliphatic carbocycles. The predicted molar refractivity (Wildman–Crippen MR) is 89.5 cm³/mol. The molecule has 0 spiro atoms. The number of hydrogen-bond acceptors (Lipinski definition) is 3. The van der Waals surface area contributed by atoms with Crippen molar-refractivity contribution in [3.05, 3.63) is 44.8 Å². The highest BCUT2D eigenvalue weighted by Gasteiger charge is 2.25. The molecule has 4 nitrogen and oxygen atoms in total. The Hall–Kier alpha value is -1.36. The molecule has 0 amide bonds. The number of aromatic nitrogens is 1. The molecule has 0 saturated carbocycles. The maximum Gasteiger partial charge on any atom is 0.256 e. The molecule has 1 fully saturated rings. The number of hydrogen-bond donors (Lipinski definition) is 2. The third-order valence-corrected chi connectivity index (χ3v) is 4.84. The van der Waals surface area contributed by atoms with E-state index >= 15 is 0 Å². The Balaban J connectivity index is 2.10. The quantitative estimate of drug-likeness (QED) is 0.910. The third kappa shape index (κ3) is 2.78. The molecule has 1 aliphatic heterocycles. The van der Waals surface area contributed by atoms with Gasteiger partial charge in [0.2, 0.25) is 0 Å². The van der Waals surface area contributed by atoms with Crippen LogP contribution in [0.25, 0.3) is 10.8 Å². The highest BCUT2D eigenvalue weighted by Crippen LogP contribution is 2.26. The number of aliphatic hydroxyl groups excluding tert-OH is 1. The number of aliphatic hydroxyl groups is 1. The Morgan fingerprint density at radius 2 is 2.23 bits per heavy atom. The first-order valence-corrected chi connectivity index (χ1v) is 8.20. The fourth-order valence-electron chi connectivity index (χ4n) is 3.41. The number of benzene rings is 1. The van der Waals surface area contributed by atoms with Gasteiger partial charge in [0, 0.05) is 28.7 Å². The van der Waals surface area contributed by atoms with Gasteiger partial charge in [-0.05, 0) is 48.9 Å². The van der Waals surface area contributed by atoms with Gasteiger partial charge in [0.25, 0.3) is 5.56 Å². The Morgan fingerprint density at radius 3 is 2.95 bits per heavy atom. The molecule has 22 heavy (non-hydrogen) atoms. The van der Waals surface area contributed by atoms with Crippen LogP contribution in [0.4, 0.5) is 0 Å². The van der Waals surface area contributed by atoms with Gasteiger partial charge in [-0.1, -0.05) is 24.6 Å². The maximum absolute atomic E-state index is 12.3. The van der Waals surface area contributed by atoms with Gasteiger partial charge in [-0.3, -0.25) is 9.69 Å². The third-order valence-electron chi connectivity index (χ3n) is 4.60. The maximum atomic E-state index is 12.3. The van der Waals surface area contributed by atoms with Crippen molar-refractivity contribution in [2.75, 3.05) is 13.2 Å². The zero-order valence-electron chi connectivity index (χ0n) is 12.7.